The molecule has 7 nitrogen and oxygen atoms in total. The zero-order valence-corrected chi connectivity index (χ0v) is 21.0. The van der Waals surface area contributed by atoms with Crippen molar-refractivity contribution in [3.8, 4) is 0 Å². The molecule has 9 heteroatoms. The summed E-state index contributed by atoms with van der Waals surface area (Å²) in [5.74, 6) is -1.50. The average molecular weight is 520 g/mol. The molecule has 0 aliphatic carbocycles. The number of carboxylic acids is 1. The average Bonchev–Trinajstić information content (AvgIpc) is 2.86. The molecule has 2 aromatic rings. The number of fused-ring (bicyclic) bond motifs is 1. The Morgan fingerprint density at radius 1 is 1.06 bits per heavy atom. The molecule has 0 spiro atoms. The maximum Gasteiger partial charge on any atom is 0.306 e. The predicted octanol–water partition coefficient (Wildman–Crippen LogP) is 3.39. The van der Waals surface area contributed by atoms with Gasteiger partial charge in [0.1, 0.15) is 0 Å². The molecule has 2 atom stereocenters. The minimum Gasteiger partial charge on any atom is -0.481 e. The Morgan fingerprint density at radius 2 is 1.71 bits per heavy atom. The minimum atomic E-state index is -0.798. The fourth-order valence-corrected chi connectivity index (χ4v) is 4.87. The first-order valence-corrected chi connectivity index (χ1v) is 12.1. The van der Waals surface area contributed by atoms with E-state index in [2.05, 4.69) is 22.8 Å². The highest BCUT2D eigenvalue weighted by molar-refractivity contribution is 6.30. The number of rotatable bonds is 7. The van der Waals surface area contributed by atoms with E-state index in [4.69, 9.17) is 11.6 Å². The third-order valence-electron chi connectivity index (χ3n) is 6.88. The quantitative estimate of drug-likeness (QED) is 0.520. The normalized spacial score (nSPS) is 18.7. The Bertz CT molecular complexity index is 1040. The van der Waals surface area contributed by atoms with Crippen LogP contribution in [0, 0.1) is 5.92 Å². The molecule has 2 heterocycles. The van der Waals surface area contributed by atoms with Crippen molar-refractivity contribution in [2.24, 2.45) is 5.92 Å². The van der Waals surface area contributed by atoms with Gasteiger partial charge in [-0.25, -0.2) is 0 Å². The van der Waals surface area contributed by atoms with Crippen molar-refractivity contribution in [1.82, 2.24) is 15.5 Å². The van der Waals surface area contributed by atoms with Crippen molar-refractivity contribution in [2.75, 3.05) is 19.6 Å². The molecule has 35 heavy (non-hydrogen) atoms. The molecule has 2 aliphatic heterocycles. The van der Waals surface area contributed by atoms with Crippen LogP contribution in [-0.2, 0) is 27.3 Å². The monoisotopic (exact) mass is 519 g/mol. The number of likely N-dealkylation sites (tertiary alicyclic amines) is 1. The fourth-order valence-electron chi connectivity index (χ4n) is 4.75. The van der Waals surface area contributed by atoms with Gasteiger partial charge >= 0.3 is 5.97 Å². The highest BCUT2D eigenvalue weighted by Crippen LogP contribution is 2.25. The van der Waals surface area contributed by atoms with Gasteiger partial charge in [0.15, 0.2) is 0 Å². The molecule has 2 amide bonds. The van der Waals surface area contributed by atoms with Gasteiger partial charge in [-0.2, -0.15) is 0 Å². The number of halogens is 2. The third-order valence-corrected chi connectivity index (χ3v) is 7.13. The van der Waals surface area contributed by atoms with Crippen LogP contribution in [0.2, 0.25) is 5.02 Å². The first-order chi connectivity index (χ1) is 16.4. The molecule has 0 radical (unpaired) electrons. The Kier molecular flexibility index (Phi) is 9.55. The Hall–Kier alpha value is -2.61. The largest absolute Gasteiger partial charge is 0.481 e. The van der Waals surface area contributed by atoms with Crippen molar-refractivity contribution in [2.45, 2.75) is 44.2 Å². The van der Waals surface area contributed by atoms with Crippen LogP contribution in [-0.4, -0.2) is 53.5 Å². The molecule has 1 saturated heterocycles. The summed E-state index contributed by atoms with van der Waals surface area (Å²) in [5, 5.41) is 16.2. The minimum absolute atomic E-state index is 0. The van der Waals surface area contributed by atoms with Gasteiger partial charge in [-0.05, 0) is 48.1 Å². The van der Waals surface area contributed by atoms with Crippen LogP contribution in [0.1, 0.15) is 41.9 Å². The van der Waals surface area contributed by atoms with Crippen LogP contribution in [0.3, 0.4) is 0 Å². The SMILES string of the molecule is Cl.O=C(O)C1CCN(C(=O)C[C@@H](CNC(=O)[C@@H]2Cc3ccccc3CN2)c2ccc(Cl)cc2)CC1. The molecular formula is C26H31Cl2N3O4. The van der Waals surface area contributed by atoms with E-state index >= 15 is 0 Å². The first kappa shape index (κ1) is 27.0. The number of benzene rings is 2. The van der Waals surface area contributed by atoms with Crippen LogP contribution in [0.15, 0.2) is 48.5 Å². The van der Waals surface area contributed by atoms with Crippen molar-refractivity contribution in [1.29, 1.82) is 0 Å². The predicted molar refractivity (Wildman–Crippen MR) is 137 cm³/mol. The van der Waals surface area contributed by atoms with E-state index in [0.717, 1.165) is 5.56 Å². The zero-order chi connectivity index (χ0) is 24.1. The van der Waals surface area contributed by atoms with Crippen molar-refractivity contribution >= 4 is 41.8 Å². The van der Waals surface area contributed by atoms with Crippen LogP contribution in [0.5, 0.6) is 0 Å². The second-order valence-electron chi connectivity index (χ2n) is 9.10. The lowest BCUT2D eigenvalue weighted by Gasteiger charge is -2.31. The highest BCUT2D eigenvalue weighted by Gasteiger charge is 2.29. The van der Waals surface area contributed by atoms with E-state index < -0.39 is 5.97 Å². The number of hydrogen-bond acceptors (Lipinski definition) is 4. The summed E-state index contributed by atoms with van der Waals surface area (Å²) < 4.78 is 0. The molecular weight excluding hydrogens is 489 g/mol. The fraction of sp³-hybridized carbons (Fsp3) is 0.423. The number of hydrogen-bond donors (Lipinski definition) is 3. The standard InChI is InChI=1S/C26H30ClN3O4.ClH/c27-22-7-5-17(6-8-22)21(14-24(31)30-11-9-18(10-12-30)26(33)34)16-29-25(32)23-13-19-3-1-2-4-20(19)15-28-23;/h1-8,18,21,23,28H,9-16H2,(H,29,32)(H,33,34);1H/t21-,23-;/m0./s1. The number of aliphatic carboxylic acids is 1. The maximum atomic E-state index is 13.0. The smallest absolute Gasteiger partial charge is 0.306 e. The molecule has 0 saturated carbocycles. The van der Waals surface area contributed by atoms with E-state index in [9.17, 15) is 19.5 Å². The van der Waals surface area contributed by atoms with Crippen molar-refractivity contribution in [3.63, 3.8) is 0 Å². The molecule has 188 valence electrons. The maximum absolute atomic E-state index is 13.0. The lowest BCUT2D eigenvalue weighted by molar-refractivity contribution is -0.145. The summed E-state index contributed by atoms with van der Waals surface area (Å²) in [4.78, 5) is 38.9. The van der Waals surface area contributed by atoms with Crippen LogP contribution < -0.4 is 10.6 Å². The molecule has 3 N–H and O–H groups in total. The summed E-state index contributed by atoms with van der Waals surface area (Å²) in [6, 6.07) is 15.1. The third kappa shape index (κ3) is 6.97. The molecule has 0 aromatic heterocycles. The van der Waals surface area contributed by atoms with E-state index in [1.807, 2.05) is 24.3 Å². The van der Waals surface area contributed by atoms with Gasteiger partial charge in [0.2, 0.25) is 11.8 Å². The topological polar surface area (TPSA) is 98.7 Å². The number of carbonyl (C=O) groups excluding carboxylic acids is 2. The molecule has 0 bridgehead atoms. The van der Waals surface area contributed by atoms with E-state index in [-0.39, 0.29) is 48.5 Å². The van der Waals surface area contributed by atoms with Gasteiger partial charge < -0.3 is 20.6 Å². The molecule has 0 unspecified atom stereocenters. The lowest BCUT2D eigenvalue weighted by Crippen LogP contribution is -2.48. The number of piperidine rings is 1. The number of carbonyl (C=O) groups is 3. The van der Waals surface area contributed by atoms with Crippen LogP contribution in [0.25, 0.3) is 0 Å². The molecule has 1 fully saturated rings. The Balaban J connectivity index is 0.00000342. The van der Waals surface area contributed by atoms with Crippen molar-refractivity contribution in [3.05, 3.63) is 70.2 Å². The van der Waals surface area contributed by atoms with Gasteiger partial charge in [0.05, 0.1) is 12.0 Å². The van der Waals surface area contributed by atoms with Crippen LogP contribution in [0.4, 0.5) is 0 Å². The van der Waals surface area contributed by atoms with Gasteiger partial charge in [-0.3, -0.25) is 14.4 Å². The second kappa shape index (κ2) is 12.4. The summed E-state index contributed by atoms with van der Waals surface area (Å²) in [6.45, 7) is 1.87. The van der Waals surface area contributed by atoms with E-state index in [1.165, 1.54) is 11.1 Å². The van der Waals surface area contributed by atoms with Crippen molar-refractivity contribution < 1.29 is 19.5 Å². The van der Waals surface area contributed by atoms with Gasteiger partial charge in [0, 0.05) is 43.5 Å². The van der Waals surface area contributed by atoms with Gasteiger partial charge in [0.25, 0.3) is 0 Å². The number of nitrogens with one attached hydrogen (secondary N) is 2. The summed E-state index contributed by atoms with van der Waals surface area (Å²) >= 11 is 6.05. The molecule has 4 rings (SSSR count). The zero-order valence-electron chi connectivity index (χ0n) is 19.4. The van der Waals surface area contributed by atoms with Crippen LogP contribution >= 0.6 is 24.0 Å². The van der Waals surface area contributed by atoms with Gasteiger partial charge in [-0.15, -0.1) is 12.4 Å². The lowest BCUT2D eigenvalue weighted by atomic mass is 9.92. The molecule has 2 aliphatic rings. The Labute approximate surface area is 216 Å². The van der Waals surface area contributed by atoms with E-state index in [1.54, 1.807) is 17.0 Å². The van der Waals surface area contributed by atoms with Gasteiger partial charge in [-0.1, -0.05) is 48.0 Å². The van der Waals surface area contributed by atoms with E-state index in [0.29, 0.717) is 50.5 Å². The summed E-state index contributed by atoms with van der Waals surface area (Å²) in [5.41, 5.74) is 3.32. The summed E-state index contributed by atoms with van der Waals surface area (Å²) in [7, 11) is 0. The number of carboxylic acid groups (broad SMARTS) is 1. The number of nitrogens with zero attached hydrogens (tertiary/aromatic N) is 1. The summed E-state index contributed by atoms with van der Waals surface area (Å²) in [6.07, 6.45) is 1.81. The Morgan fingerprint density at radius 3 is 2.37 bits per heavy atom. The molecule has 2 aromatic carbocycles. The highest BCUT2D eigenvalue weighted by atomic mass is 35.5. The first-order valence-electron chi connectivity index (χ1n) is 11.7. The number of amides is 2. The second-order valence-corrected chi connectivity index (χ2v) is 9.53.